The molecular formula is C12H26N2O. The van der Waals surface area contributed by atoms with Gasteiger partial charge in [-0.2, -0.15) is 0 Å². The van der Waals surface area contributed by atoms with E-state index in [1.54, 1.807) is 0 Å². The molecule has 1 atom stereocenters. The second-order valence-corrected chi connectivity index (χ2v) is 5.70. The molecule has 0 fully saturated rings. The summed E-state index contributed by atoms with van der Waals surface area (Å²) in [6.45, 7) is 10.8. The summed E-state index contributed by atoms with van der Waals surface area (Å²) in [6, 6.07) is 0. The number of nitrogens with two attached hydrogens (primary N) is 1. The van der Waals surface area contributed by atoms with Gasteiger partial charge in [0.05, 0.1) is 0 Å². The van der Waals surface area contributed by atoms with Crippen molar-refractivity contribution < 1.29 is 4.79 Å². The first-order chi connectivity index (χ1) is 6.70. The van der Waals surface area contributed by atoms with Crippen LogP contribution in [-0.4, -0.2) is 18.0 Å². The Morgan fingerprint density at radius 1 is 1.33 bits per heavy atom. The van der Waals surface area contributed by atoms with E-state index in [1.807, 2.05) is 13.8 Å². The van der Waals surface area contributed by atoms with Crippen LogP contribution in [0.25, 0.3) is 0 Å². The number of hydrogen-bond acceptors (Lipinski definition) is 2. The van der Waals surface area contributed by atoms with E-state index in [0.29, 0.717) is 24.8 Å². The summed E-state index contributed by atoms with van der Waals surface area (Å²) >= 11 is 0. The molecule has 15 heavy (non-hydrogen) atoms. The first kappa shape index (κ1) is 14.4. The molecule has 0 aliphatic carbocycles. The molecule has 3 heteroatoms. The van der Waals surface area contributed by atoms with E-state index >= 15 is 0 Å². The first-order valence-electron chi connectivity index (χ1n) is 5.76. The average Bonchev–Trinajstić information content (AvgIpc) is 1.97. The molecule has 90 valence electrons. The topological polar surface area (TPSA) is 55.1 Å². The molecule has 0 rings (SSSR count). The van der Waals surface area contributed by atoms with E-state index in [-0.39, 0.29) is 11.4 Å². The van der Waals surface area contributed by atoms with E-state index in [4.69, 9.17) is 5.73 Å². The Labute approximate surface area is 93.8 Å². The number of rotatable bonds is 6. The van der Waals surface area contributed by atoms with Crippen molar-refractivity contribution in [1.82, 2.24) is 5.32 Å². The highest BCUT2D eigenvalue weighted by molar-refractivity contribution is 5.76. The molecule has 0 saturated heterocycles. The van der Waals surface area contributed by atoms with Gasteiger partial charge in [0, 0.05) is 18.5 Å². The van der Waals surface area contributed by atoms with Crippen molar-refractivity contribution in [1.29, 1.82) is 0 Å². The monoisotopic (exact) mass is 214 g/mol. The maximum Gasteiger partial charge on any atom is 0.220 e. The molecule has 0 aromatic carbocycles. The largest absolute Gasteiger partial charge is 0.354 e. The van der Waals surface area contributed by atoms with Gasteiger partial charge in [-0.15, -0.1) is 0 Å². The lowest BCUT2D eigenvalue weighted by atomic mass is 9.95. The van der Waals surface area contributed by atoms with Gasteiger partial charge >= 0.3 is 0 Å². The Morgan fingerprint density at radius 3 is 2.27 bits per heavy atom. The summed E-state index contributed by atoms with van der Waals surface area (Å²) < 4.78 is 0. The van der Waals surface area contributed by atoms with Gasteiger partial charge in [0.15, 0.2) is 0 Å². The highest BCUT2D eigenvalue weighted by Gasteiger charge is 2.14. The minimum atomic E-state index is -0.322. The summed E-state index contributed by atoms with van der Waals surface area (Å²) in [7, 11) is 0. The fraction of sp³-hybridized carbons (Fsp3) is 0.917. The van der Waals surface area contributed by atoms with Crippen molar-refractivity contribution in [3.63, 3.8) is 0 Å². The average molecular weight is 214 g/mol. The predicted molar refractivity (Wildman–Crippen MR) is 64.5 cm³/mol. The van der Waals surface area contributed by atoms with Crippen LogP contribution in [0.2, 0.25) is 0 Å². The summed E-state index contributed by atoms with van der Waals surface area (Å²) in [5.41, 5.74) is 5.46. The number of carbonyl (C=O) groups is 1. The zero-order valence-electron chi connectivity index (χ0n) is 10.8. The predicted octanol–water partition coefficient (Wildman–Crippen LogP) is 1.91. The van der Waals surface area contributed by atoms with Crippen molar-refractivity contribution in [3.05, 3.63) is 0 Å². The van der Waals surface area contributed by atoms with Crippen molar-refractivity contribution in [3.8, 4) is 0 Å². The summed E-state index contributed by atoms with van der Waals surface area (Å²) in [4.78, 5) is 11.5. The third-order valence-corrected chi connectivity index (χ3v) is 2.15. The van der Waals surface area contributed by atoms with Crippen LogP contribution in [0.3, 0.4) is 0 Å². The molecule has 0 saturated carbocycles. The summed E-state index contributed by atoms with van der Waals surface area (Å²) in [5, 5.41) is 2.86. The summed E-state index contributed by atoms with van der Waals surface area (Å²) in [5.74, 6) is 1.21. The lowest BCUT2D eigenvalue weighted by molar-refractivity contribution is -0.122. The van der Waals surface area contributed by atoms with Crippen molar-refractivity contribution in [2.24, 2.45) is 17.6 Å². The Kier molecular flexibility index (Phi) is 5.88. The molecule has 0 aliphatic rings. The SMILES string of the molecule is CC(C)CC(C)CC(=O)NCC(C)(C)N. The number of carbonyl (C=O) groups excluding carboxylic acids is 1. The van der Waals surface area contributed by atoms with Crippen molar-refractivity contribution >= 4 is 5.91 Å². The zero-order valence-corrected chi connectivity index (χ0v) is 10.8. The highest BCUT2D eigenvalue weighted by atomic mass is 16.1. The number of hydrogen-bond donors (Lipinski definition) is 2. The molecule has 0 radical (unpaired) electrons. The summed E-state index contributed by atoms with van der Waals surface area (Å²) in [6.07, 6.45) is 1.70. The number of nitrogens with one attached hydrogen (secondary N) is 1. The van der Waals surface area contributed by atoms with E-state index in [1.165, 1.54) is 0 Å². The quantitative estimate of drug-likeness (QED) is 0.709. The normalized spacial score (nSPS) is 14.1. The maximum absolute atomic E-state index is 11.5. The molecule has 1 amide bonds. The molecule has 1 unspecified atom stereocenters. The Bertz CT molecular complexity index is 194. The minimum Gasteiger partial charge on any atom is -0.354 e. The van der Waals surface area contributed by atoms with Crippen LogP contribution in [-0.2, 0) is 4.79 Å². The highest BCUT2D eigenvalue weighted by Crippen LogP contribution is 2.14. The Hall–Kier alpha value is -0.570. The van der Waals surface area contributed by atoms with Gasteiger partial charge in [-0.3, -0.25) is 4.79 Å². The first-order valence-corrected chi connectivity index (χ1v) is 5.76. The van der Waals surface area contributed by atoms with E-state index < -0.39 is 0 Å². The molecule has 0 aliphatic heterocycles. The van der Waals surface area contributed by atoms with E-state index in [2.05, 4.69) is 26.1 Å². The molecule has 0 aromatic rings. The lowest BCUT2D eigenvalue weighted by Gasteiger charge is -2.20. The van der Waals surface area contributed by atoms with Gasteiger partial charge in [0.2, 0.25) is 5.91 Å². The van der Waals surface area contributed by atoms with Gasteiger partial charge in [-0.25, -0.2) is 0 Å². The maximum atomic E-state index is 11.5. The van der Waals surface area contributed by atoms with Crippen LogP contribution in [0.4, 0.5) is 0 Å². The van der Waals surface area contributed by atoms with Gasteiger partial charge in [0.1, 0.15) is 0 Å². The molecule has 0 bridgehead atoms. The van der Waals surface area contributed by atoms with Crippen molar-refractivity contribution in [2.75, 3.05) is 6.54 Å². The van der Waals surface area contributed by atoms with Gasteiger partial charge < -0.3 is 11.1 Å². The van der Waals surface area contributed by atoms with Crippen molar-refractivity contribution in [2.45, 2.75) is 53.0 Å². The van der Waals surface area contributed by atoms with Crippen LogP contribution in [0, 0.1) is 11.8 Å². The molecular weight excluding hydrogens is 188 g/mol. The molecule has 3 N–H and O–H groups in total. The Balaban J connectivity index is 3.74. The molecule has 3 nitrogen and oxygen atoms in total. The van der Waals surface area contributed by atoms with E-state index in [9.17, 15) is 4.79 Å². The smallest absolute Gasteiger partial charge is 0.220 e. The van der Waals surface area contributed by atoms with Crippen LogP contribution < -0.4 is 11.1 Å². The van der Waals surface area contributed by atoms with Gasteiger partial charge in [-0.05, 0) is 32.1 Å². The fourth-order valence-electron chi connectivity index (χ4n) is 1.60. The third-order valence-electron chi connectivity index (χ3n) is 2.15. The second-order valence-electron chi connectivity index (χ2n) is 5.70. The van der Waals surface area contributed by atoms with Crippen LogP contribution >= 0.6 is 0 Å². The molecule has 0 spiro atoms. The Morgan fingerprint density at radius 2 is 1.87 bits per heavy atom. The second kappa shape index (κ2) is 6.11. The minimum absolute atomic E-state index is 0.113. The zero-order chi connectivity index (χ0) is 12.1. The number of amides is 1. The van der Waals surface area contributed by atoms with Gasteiger partial charge in [-0.1, -0.05) is 20.8 Å². The van der Waals surface area contributed by atoms with Gasteiger partial charge in [0.25, 0.3) is 0 Å². The van der Waals surface area contributed by atoms with Crippen LogP contribution in [0.15, 0.2) is 0 Å². The standard InChI is InChI=1S/C12H26N2O/c1-9(2)6-10(3)7-11(15)14-8-12(4,5)13/h9-10H,6-8,13H2,1-5H3,(H,14,15). The third kappa shape index (κ3) is 9.73. The fourth-order valence-corrected chi connectivity index (χ4v) is 1.60. The van der Waals surface area contributed by atoms with Crippen LogP contribution in [0.5, 0.6) is 0 Å². The molecule has 0 aromatic heterocycles. The van der Waals surface area contributed by atoms with Crippen LogP contribution in [0.1, 0.15) is 47.5 Å². The molecule has 0 heterocycles. The van der Waals surface area contributed by atoms with E-state index in [0.717, 1.165) is 6.42 Å². The lowest BCUT2D eigenvalue weighted by Crippen LogP contribution is -2.45.